The average Bonchev–Trinajstić information content (AvgIpc) is 3.60. The van der Waals surface area contributed by atoms with Crippen molar-refractivity contribution >= 4 is 10.0 Å². The Labute approximate surface area is 196 Å². The lowest BCUT2D eigenvalue weighted by molar-refractivity contribution is 0.182. The summed E-state index contributed by atoms with van der Waals surface area (Å²) in [5, 5.41) is -0.147. The number of fused-ring (bicyclic) bond motifs is 1. The number of piperidine rings is 1. The molecule has 2 aromatic rings. The van der Waals surface area contributed by atoms with Crippen LogP contribution in [0.2, 0.25) is 0 Å². The predicted molar refractivity (Wildman–Crippen MR) is 128 cm³/mol. The molecule has 0 spiro atoms. The molecular weight excluding hydrogens is 438 g/mol. The van der Waals surface area contributed by atoms with Crippen LogP contribution < -0.4 is 10.3 Å². The maximum atomic E-state index is 13.1. The van der Waals surface area contributed by atoms with Crippen molar-refractivity contribution in [2.45, 2.75) is 64.0 Å². The molecule has 0 atom stereocenters. The summed E-state index contributed by atoms with van der Waals surface area (Å²) in [5.41, 5.74) is 3.64. The van der Waals surface area contributed by atoms with E-state index < -0.39 is 10.0 Å². The van der Waals surface area contributed by atoms with Gasteiger partial charge in [0, 0.05) is 45.0 Å². The molecule has 1 saturated carbocycles. The lowest BCUT2D eigenvalue weighted by atomic mass is 9.99. The monoisotopic (exact) mass is 471 g/mol. The minimum absolute atomic E-state index is 0.0829. The zero-order valence-corrected chi connectivity index (χ0v) is 20.1. The molecule has 1 aromatic heterocycles. The van der Waals surface area contributed by atoms with Gasteiger partial charge in [0.05, 0.1) is 11.9 Å². The van der Waals surface area contributed by atoms with Gasteiger partial charge in [-0.1, -0.05) is 24.3 Å². The van der Waals surface area contributed by atoms with Crippen molar-refractivity contribution in [2.75, 3.05) is 19.7 Å². The average molecular weight is 472 g/mol. The van der Waals surface area contributed by atoms with Gasteiger partial charge < -0.3 is 9.30 Å². The first-order chi connectivity index (χ1) is 16.0. The molecule has 1 aliphatic carbocycles. The van der Waals surface area contributed by atoms with Crippen molar-refractivity contribution < 1.29 is 13.2 Å². The van der Waals surface area contributed by atoms with Crippen molar-refractivity contribution in [3.63, 3.8) is 0 Å². The first-order valence-electron chi connectivity index (χ1n) is 12.1. The maximum absolute atomic E-state index is 13.1. The Kier molecular flexibility index (Phi) is 6.33. The number of sulfonamides is 1. The summed E-state index contributed by atoms with van der Waals surface area (Å²) >= 11 is 0. The van der Waals surface area contributed by atoms with Crippen LogP contribution in [0.25, 0.3) is 0 Å². The molecule has 8 heteroatoms. The normalized spacial score (nSPS) is 20.2. The van der Waals surface area contributed by atoms with E-state index in [0.717, 1.165) is 51.0 Å². The SMILES string of the molecule is CCn1c(CN2Cc3ccccc3C2)ccc(OCC2CCN(S(=O)(=O)C3CC3)CC2)c1=O. The second-order valence-corrected chi connectivity index (χ2v) is 11.8. The fourth-order valence-corrected chi connectivity index (χ4v) is 6.92. The lowest BCUT2D eigenvalue weighted by Gasteiger charge is -2.31. The second kappa shape index (κ2) is 9.24. The van der Waals surface area contributed by atoms with Gasteiger partial charge in [-0.05, 0) is 61.8 Å². The zero-order chi connectivity index (χ0) is 23.0. The third kappa shape index (κ3) is 4.74. The van der Waals surface area contributed by atoms with Gasteiger partial charge in [-0.25, -0.2) is 12.7 Å². The number of pyridine rings is 1. The standard InChI is InChI=1S/C25H33N3O4S/c1-2-28-22(17-26-15-20-5-3-4-6-21(20)16-26)7-10-24(25(28)29)32-18-19-11-13-27(14-12-19)33(30,31)23-8-9-23/h3-7,10,19,23H,2,8-9,11-18H2,1H3. The highest BCUT2D eigenvalue weighted by Crippen LogP contribution is 2.33. The van der Waals surface area contributed by atoms with Crippen LogP contribution >= 0.6 is 0 Å². The number of benzene rings is 1. The van der Waals surface area contributed by atoms with E-state index in [2.05, 4.69) is 29.2 Å². The van der Waals surface area contributed by atoms with Crippen LogP contribution in [0.1, 0.15) is 49.4 Å². The summed E-state index contributed by atoms with van der Waals surface area (Å²) < 4.78 is 34.3. The van der Waals surface area contributed by atoms with Crippen molar-refractivity contribution in [3.05, 3.63) is 63.6 Å². The highest BCUT2D eigenvalue weighted by molar-refractivity contribution is 7.90. The summed E-state index contributed by atoms with van der Waals surface area (Å²) in [7, 11) is -3.09. The van der Waals surface area contributed by atoms with Crippen molar-refractivity contribution in [1.82, 2.24) is 13.8 Å². The van der Waals surface area contributed by atoms with Crippen LogP contribution in [0.3, 0.4) is 0 Å². The van der Waals surface area contributed by atoms with Crippen molar-refractivity contribution in [1.29, 1.82) is 0 Å². The second-order valence-electron chi connectivity index (χ2n) is 9.55. The van der Waals surface area contributed by atoms with E-state index in [4.69, 9.17) is 4.74 Å². The smallest absolute Gasteiger partial charge is 0.293 e. The fraction of sp³-hybridized carbons (Fsp3) is 0.560. The van der Waals surface area contributed by atoms with Crippen molar-refractivity contribution in [2.24, 2.45) is 5.92 Å². The summed E-state index contributed by atoms with van der Waals surface area (Å²) in [6, 6.07) is 12.3. The van der Waals surface area contributed by atoms with Gasteiger partial charge in [-0.15, -0.1) is 0 Å². The highest BCUT2D eigenvalue weighted by Gasteiger charge is 2.41. The van der Waals surface area contributed by atoms with Gasteiger partial charge in [0.1, 0.15) is 0 Å². The van der Waals surface area contributed by atoms with Crippen LogP contribution in [-0.2, 0) is 36.2 Å². The van der Waals surface area contributed by atoms with Crippen LogP contribution in [-0.4, -0.2) is 47.1 Å². The Morgan fingerprint density at radius 2 is 1.64 bits per heavy atom. The minimum Gasteiger partial charge on any atom is -0.488 e. The predicted octanol–water partition coefficient (Wildman–Crippen LogP) is 2.97. The number of hydrogen-bond donors (Lipinski definition) is 0. The van der Waals surface area contributed by atoms with E-state index in [1.54, 1.807) is 10.4 Å². The van der Waals surface area contributed by atoms with Gasteiger partial charge in [0.25, 0.3) is 5.56 Å². The molecule has 0 N–H and O–H groups in total. The molecule has 5 rings (SSSR count). The largest absolute Gasteiger partial charge is 0.488 e. The quantitative estimate of drug-likeness (QED) is 0.592. The minimum atomic E-state index is -3.09. The number of nitrogens with zero attached hydrogens (tertiary/aromatic N) is 3. The summed E-state index contributed by atoms with van der Waals surface area (Å²) in [4.78, 5) is 15.4. The van der Waals surface area contributed by atoms with E-state index in [9.17, 15) is 13.2 Å². The number of hydrogen-bond acceptors (Lipinski definition) is 5. The molecule has 1 saturated heterocycles. The van der Waals surface area contributed by atoms with Gasteiger partial charge in [0.2, 0.25) is 10.0 Å². The summed E-state index contributed by atoms with van der Waals surface area (Å²) in [6.07, 6.45) is 3.16. The molecule has 33 heavy (non-hydrogen) atoms. The topological polar surface area (TPSA) is 71.8 Å². The number of aromatic nitrogens is 1. The molecule has 1 aromatic carbocycles. The van der Waals surface area contributed by atoms with Gasteiger partial charge >= 0.3 is 0 Å². The fourth-order valence-electron chi connectivity index (χ4n) is 5.05. The van der Waals surface area contributed by atoms with Gasteiger partial charge in [-0.2, -0.15) is 0 Å². The Hall–Kier alpha value is -2.16. The van der Waals surface area contributed by atoms with E-state index in [-0.39, 0.29) is 16.7 Å². The molecule has 0 amide bonds. The van der Waals surface area contributed by atoms with E-state index in [1.807, 2.05) is 17.6 Å². The third-order valence-electron chi connectivity index (χ3n) is 7.19. The van der Waals surface area contributed by atoms with Gasteiger partial charge in [-0.3, -0.25) is 9.69 Å². The van der Waals surface area contributed by atoms with Crippen LogP contribution in [0.4, 0.5) is 0 Å². The molecule has 3 aliphatic rings. The molecule has 0 unspecified atom stereocenters. The molecule has 2 fully saturated rings. The van der Waals surface area contributed by atoms with Crippen LogP contribution in [0.15, 0.2) is 41.2 Å². The van der Waals surface area contributed by atoms with E-state index in [1.165, 1.54) is 11.1 Å². The number of rotatable bonds is 8. The molecule has 2 aliphatic heterocycles. The Morgan fingerprint density at radius 1 is 0.970 bits per heavy atom. The first-order valence-corrected chi connectivity index (χ1v) is 13.6. The van der Waals surface area contributed by atoms with E-state index >= 15 is 0 Å². The Balaban J connectivity index is 1.18. The summed E-state index contributed by atoms with van der Waals surface area (Å²) in [6.45, 7) is 6.70. The Bertz CT molecular complexity index is 1140. The maximum Gasteiger partial charge on any atom is 0.293 e. The van der Waals surface area contributed by atoms with Gasteiger partial charge in [0.15, 0.2) is 5.75 Å². The highest BCUT2D eigenvalue weighted by atomic mass is 32.2. The molecule has 0 radical (unpaired) electrons. The third-order valence-corrected chi connectivity index (χ3v) is 9.59. The molecule has 178 valence electrons. The van der Waals surface area contributed by atoms with E-state index in [0.29, 0.717) is 32.0 Å². The first kappa shape index (κ1) is 22.6. The molecule has 0 bridgehead atoms. The zero-order valence-electron chi connectivity index (χ0n) is 19.3. The summed E-state index contributed by atoms with van der Waals surface area (Å²) in [5.74, 6) is 0.659. The number of ether oxygens (including phenoxy) is 1. The molecule has 7 nitrogen and oxygen atoms in total. The Morgan fingerprint density at radius 3 is 2.24 bits per heavy atom. The van der Waals surface area contributed by atoms with Crippen LogP contribution in [0.5, 0.6) is 5.75 Å². The molecular formula is C25H33N3O4S. The molecule has 3 heterocycles. The van der Waals surface area contributed by atoms with Crippen LogP contribution in [0, 0.1) is 5.92 Å². The lowest BCUT2D eigenvalue weighted by Crippen LogP contribution is -2.41. The van der Waals surface area contributed by atoms with Crippen molar-refractivity contribution in [3.8, 4) is 5.75 Å².